The zero-order chi connectivity index (χ0) is 16.4. The topological polar surface area (TPSA) is 67.4 Å². The number of aromatic hydroxyl groups is 1. The van der Waals surface area contributed by atoms with Crippen LogP contribution in [0, 0.1) is 6.92 Å². The summed E-state index contributed by atoms with van der Waals surface area (Å²) in [6.45, 7) is 1.94. The van der Waals surface area contributed by atoms with Crippen LogP contribution in [0.25, 0.3) is 22.4 Å². The number of hydrogen-bond acceptors (Lipinski definition) is 4. The molecular weight excluding hydrogens is 292 g/mol. The van der Waals surface area contributed by atoms with Gasteiger partial charge in [0, 0.05) is 28.5 Å². The predicted octanol–water partition coefficient (Wildman–Crippen LogP) is 3.77. The number of benzene rings is 2. The van der Waals surface area contributed by atoms with Crippen molar-refractivity contribution in [1.82, 2.24) is 10.2 Å². The van der Waals surface area contributed by atoms with Gasteiger partial charge in [0.25, 0.3) is 0 Å². The molecule has 118 valence electrons. The third kappa shape index (κ3) is 2.61. The molecule has 2 N–H and O–H groups in total. The maximum absolute atomic E-state index is 10.3. The van der Waals surface area contributed by atoms with Crippen LogP contribution in [0.5, 0.6) is 17.2 Å². The Hall–Kier alpha value is -2.95. The van der Waals surface area contributed by atoms with Crippen molar-refractivity contribution in [3.8, 4) is 39.6 Å². The van der Waals surface area contributed by atoms with E-state index in [2.05, 4.69) is 10.2 Å². The first-order chi connectivity index (χ1) is 11.2. The van der Waals surface area contributed by atoms with Crippen LogP contribution < -0.4 is 9.47 Å². The molecule has 0 unspecified atom stereocenters. The molecule has 5 nitrogen and oxygen atoms in total. The van der Waals surface area contributed by atoms with Gasteiger partial charge in [0.2, 0.25) is 0 Å². The maximum atomic E-state index is 10.3. The molecule has 0 fully saturated rings. The minimum atomic E-state index is 0.118. The highest BCUT2D eigenvalue weighted by Crippen LogP contribution is 2.41. The number of nitrogens with one attached hydrogen (secondary N) is 1. The van der Waals surface area contributed by atoms with Crippen molar-refractivity contribution in [3.05, 3.63) is 48.2 Å². The zero-order valence-corrected chi connectivity index (χ0v) is 13.3. The van der Waals surface area contributed by atoms with Crippen LogP contribution in [0.2, 0.25) is 0 Å². The monoisotopic (exact) mass is 310 g/mol. The minimum Gasteiger partial charge on any atom is -0.507 e. The van der Waals surface area contributed by atoms with E-state index in [9.17, 15) is 5.11 Å². The fraction of sp³-hybridized carbons (Fsp3) is 0.167. The Kier molecular flexibility index (Phi) is 3.93. The van der Waals surface area contributed by atoms with E-state index < -0.39 is 0 Å². The summed E-state index contributed by atoms with van der Waals surface area (Å²) in [6.07, 6.45) is 0. The third-order valence-electron chi connectivity index (χ3n) is 3.78. The first-order valence-electron chi connectivity index (χ1n) is 7.21. The van der Waals surface area contributed by atoms with Crippen molar-refractivity contribution < 1.29 is 14.6 Å². The van der Waals surface area contributed by atoms with E-state index >= 15 is 0 Å². The van der Waals surface area contributed by atoms with Crippen molar-refractivity contribution in [2.75, 3.05) is 14.2 Å². The van der Waals surface area contributed by atoms with Crippen molar-refractivity contribution in [2.45, 2.75) is 6.92 Å². The molecule has 2 aromatic carbocycles. The Morgan fingerprint density at radius 1 is 1.00 bits per heavy atom. The number of nitrogens with zero attached hydrogens (tertiary/aromatic N) is 1. The van der Waals surface area contributed by atoms with Crippen molar-refractivity contribution in [2.24, 2.45) is 0 Å². The molecule has 0 bridgehead atoms. The van der Waals surface area contributed by atoms with Gasteiger partial charge in [0.1, 0.15) is 22.9 Å². The largest absolute Gasteiger partial charge is 0.507 e. The number of rotatable bonds is 4. The number of aromatic amines is 1. The number of methoxy groups -OCH3 is 2. The molecule has 3 aromatic rings. The van der Waals surface area contributed by atoms with Crippen LogP contribution in [0.3, 0.4) is 0 Å². The third-order valence-corrected chi connectivity index (χ3v) is 3.78. The second-order valence-electron chi connectivity index (χ2n) is 5.16. The molecular formula is C18H18N2O3. The van der Waals surface area contributed by atoms with Crippen LogP contribution in [-0.2, 0) is 0 Å². The van der Waals surface area contributed by atoms with Crippen LogP contribution in [0.15, 0.2) is 42.5 Å². The molecule has 0 saturated heterocycles. The average Bonchev–Trinajstić information content (AvgIpc) is 2.95. The first-order valence-corrected chi connectivity index (χ1v) is 7.21. The first kappa shape index (κ1) is 15.0. The molecule has 0 radical (unpaired) electrons. The quantitative estimate of drug-likeness (QED) is 0.769. The molecule has 0 aliphatic heterocycles. The standard InChI is InChI=1S/C18H18N2O3/c1-11-17(14-6-4-5-7-16(14)23-3)18(20-19-11)13-9-8-12(22-2)10-15(13)21/h4-10,21H,1-3H3,(H,19,20). The number of phenols is 1. The molecule has 0 spiro atoms. The SMILES string of the molecule is COc1ccc(-c2n[nH]c(C)c2-c2ccccc2OC)c(O)c1. The Bertz CT molecular complexity index is 840. The number of aryl methyl sites for hydroxylation is 1. The van der Waals surface area contributed by atoms with Crippen molar-refractivity contribution >= 4 is 0 Å². The summed E-state index contributed by atoms with van der Waals surface area (Å²) in [5.74, 6) is 1.47. The summed E-state index contributed by atoms with van der Waals surface area (Å²) < 4.78 is 10.6. The molecule has 0 aliphatic rings. The fourth-order valence-electron chi connectivity index (χ4n) is 2.64. The smallest absolute Gasteiger partial charge is 0.128 e. The minimum absolute atomic E-state index is 0.118. The molecule has 5 heteroatoms. The van der Waals surface area contributed by atoms with E-state index in [1.165, 1.54) is 0 Å². The lowest BCUT2D eigenvalue weighted by Crippen LogP contribution is -1.90. The van der Waals surface area contributed by atoms with E-state index in [4.69, 9.17) is 9.47 Å². The van der Waals surface area contributed by atoms with Gasteiger partial charge in [-0.05, 0) is 25.1 Å². The Balaban J connectivity index is 2.20. The lowest BCUT2D eigenvalue weighted by Gasteiger charge is -2.11. The van der Waals surface area contributed by atoms with Gasteiger partial charge < -0.3 is 14.6 Å². The van der Waals surface area contributed by atoms with Gasteiger partial charge in [0.05, 0.1) is 14.2 Å². The normalized spacial score (nSPS) is 10.6. The van der Waals surface area contributed by atoms with E-state index in [0.29, 0.717) is 17.0 Å². The number of aromatic nitrogens is 2. The Labute approximate surface area is 134 Å². The van der Waals surface area contributed by atoms with Crippen LogP contribution in [0.4, 0.5) is 0 Å². The highest BCUT2D eigenvalue weighted by molar-refractivity contribution is 5.87. The van der Waals surface area contributed by atoms with Gasteiger partial charge in [-0.3, -0.25) is 5.10 Å². The summed E-state index contributed by atoms with van der Waals surface area (Å²) >= 11 is 0. The highest BCUT2D eigenvalue weighted by Gasteiger charge is 2.19. The average molecular weight is 310 g/mol. The number of hydrogen-bond donors (Lipinski definition) is 2. The number of ether oxygens (including phenoxy) is 2. The van der Waals surface area contributed by atoms with Crippen LogP contribution in [0.1, 0.15) is 5.69 Å². The van der Waals surface area contributed by atoms with E-state index in [1.807, 2.05) is 31.2 Å². The molecule has 0 aliphatic carbocycles. The van der Waals surface area contributed by atoms with E-state index in [1.54, 1.807) is 32.4 Å². The lowest BCUT2D eigenvalue weighted by atomic mass is 9.98. The van der Waals surface area contributed by atoms with Gasteiger partial charge >= 0.3 is 0 Å². The van der Waals surface area contributed by atoms with Gasteiger partial charge in [-0.15, -0.1) is 0 Å². The number of phenolic OH excluding ortho intramolecular Hbond substituents is 1. The fourth-order valence-corrected chi connectivity index (χ4v) is 2.64. The van der Waals surface area contributed by atoms with E-state index in [-0.39, 0.29) is 5.75 Å². The van der Waals surface area contributed by atoms with Gasteiger partial charge in [-0.1, -0.05) is 18.2 Å². The summed E-state index contributed by atoms with van der Waals surface area (Å²) in [5.41, 5.74) is 4.04. The second kappa shape index (κ2) is 6.04. The Morgan fingerprint density at radius 3 is 2.48 bits per heavy atom. The molecule has 1 heterocycles. The maximum Gasteiger partial charge on any atom is 0.128 e. The zero-order valence-electron chi connectivity index (χ0n) is 13.3. The molecule has 23 heavy (non-hydrogen) atoms. The summed E-state index contributed by atoms with van der Waals surface area (Å²) in [6, 6.07) is 12.9. The lowest BCUT2D eigenvalue weighted by molar-refractivity contribution is 0.408. The highest BCUT2D eigenvalue weighted by atomic mass is 16.5. The van der Waals surface area contributed by atoms with E-state index in [0.717, 1.165) is 22.6 Å². The summed E-state index contributed by atoms with van der Waals surface area (Å²) in [5, 5.41) is 17.7. The van der Waals surface area contributed by atoms with Crippen molar-refractivity contribution in [1.29, 1.82) is 0 Å². The van der Waals surface area contributed by atoms with Crippen LogP contribution in [-0.4, -0.2) is 29.5 Å². The molecule has 0 saturated carbocycles. The van der Waals surface area contributed by atoms with Crippen LogP contribution >= 0.6 is 0 Å². The summed E-state index contributed by atoms with van der Waals surface area (Å²) in [4.78, 5) is 0. The number of para-hydroxylation sites is 1. The molecule has 3 rings (SSSR count). The molecule has 0 atom stereocenters. The number of H-pyrrole nitrogens is 1. The van der Waals surface area contributed by atoms with Gasteiger partial charge in [-0.25, -0.2) is 0 Å². The molecule has 1 aromatic heterocycles. The predicted molar refractivity (Wildman–Crippen MR) is 89.0 cm³/mol. The Morgan fingerprint density at radius 2 is 1.78 bits per heavy atom. The van der Waals surface area contributed by atoms with Gasteiger partial charge in [0.15, 0.2) is 0 Å². The van der Waals surface area contributed by atoms with Gasteiger partial charge in [-0.2, -0.15) is 5.10 Å². The molecule has 0 amide bonds. The van der Waals surface area contributed by atoms with Crippen molar-refractivity contribution in [3.63, 3.8) is 0 Å². The summed E-state index contributed by atoms with van der Waals surface area (Å²) in [7, 11) is 3.20. The second-order valence-corrected chi connectivity index (χ2v) is 5.16.